The Labute approximate surface area is 123 Å². The smallest absolute Gasteiger partial charge is 0.335 e. The molecule has 5 heteroatoms. The van der Waals surface area contributed by atoms with Crippen LogP contribution in [0.25, 0.3) is 0 Å². The Kier molecular flexibility index (Phi) is 5.29. The summed E-state index contributed by atoms with van der Waals surface area (Å²) in [6.07, 6.45) is 3.63. The van der Waals surface area contributed by atoms with Crippen molar-refractivity contribution in [2.75, 3.05) is 13.2 Å². The van der Waals surface area contributed by atoms with Crippen molar-refractivity contribution in [1.82, 2.24) is 10.3 Å². The van der Waals surface area contributed by atoms with E-state index in [1.54, 1.807) is 18.3 Å². The molecule has 110 valence electrons. The molecule has 0 bridgehead atoms. The summed E-state index contributed by atoms with van der Waals surface area (Å²) in [4.78, 5) is 14.8. The van der Waals surface area contributed by atoms with Crippen LogP contribution in [0, 0.1) is 6.92 Å². The van der Waals surface area contributed by atoms with Crippen molar-refractivity contribution in [3.05, 3.63) is 59.4 Å². The number of aromatic carboxylic acids is 1. The molecule has 2 N–H and O–H groups in total. The van der Waals surface area contributed by atoms with Crippen LogP contribution in [-0.4, -0.2) is 29.2 Å². The Bertz CT molecular complexity index is 597. The number of pyridine rings is 1. The molecule has 0 unspecified atom stereocenters. The van der Waals surface area contributed by atoms with E-state index in [4.69, 9.17) is 9.84 Å². The van der Waals surface area contributed by atoms with Crippen LogP contribution >= 0.6 is 0 Å². The summed E-state index contributed by atoms with van der Waals surface area (Å²) in [5.74, 6) is -0.266. The molecule has 2 rings (SSSR count). The van der Waals surface area contributed by atoms with Crippen molar-refractivity contribution in [2.45, 2.75) is 13.5 Å². The SMILES string of the molecule is Cc1cnccc1CNCCOc1ccc(C(=O)O)cc1. The Morgan fingerprint density at radius 2 is 2.05 bits per heavy atom. The molecule has 0 saturated carbocycles. The first kappa shape index (κ1) is 15.0. The summed E-state index contributed by atoms with van der Waals surface area (Å²) in [5.41, 5.74) is 2.64. The van der Waals surface area contributed by atoms with Gasteiger partial charge in [0, 0.05) is 25.5 Å². The molecule has 0 amide bonds. The number of ether oxygens (including phenoxy) is 1. The van der Waals surface area contributed by atoms with E-state index in [0.717, 1.165) is 12.1 Å². The molecule has 0 aliphatic rings. The van der Waals surface area contributed by atoms with Crippen molar-refractivity contribution in [3.63, 3.8) is 0 Å². The van der Waals surface area contributed by atoms with Gasteiger partial charge in [-0.2, -0.15) is 0 Å². The second-order valence-electron chi connectivity index (χ2n) is 4.66. The lowest BCUT2D eigenvalue weighted by Gasteiger charge is -2.09. The monoisotopic (exact) mass is 286 g/mol. The predicted molar refractivity (Wildman–Crippen MR) is 79.6 cm³/mol. The fourth-order valence-corrected chi connectivity index (χ4v) is 1.86. The molecule has 0 aliphatic carbocycles. The highest BCUT2D eigenvalue weighted by Crippen LogP contribution is 2.11. The van der Waals surface area contributed by atoms with Gasteiger partial charge in [-0.15, -0.1) is 0 Å². The van der Waals surface area contributed by atoms with E-state index in [1.165, 1.54) is 17.7 Å². The Morgan fingerprint density at radius 3 is 2.71 bits per heavy atom. The fraction of sp³-hybridized carbons (Fsp3) is 0.250. The molecule has 0 spiro atoms. The average molecular weight is 286 g/mol. The number of nitrogens with one attached hydrogen (secondary N) is 1. The van der Waals surface area contributed by atoms with E-state index in [9.17, 15) is 4.79 Å². The molecule has 0 saturated heterocycles. The van der Waals surface area contributed by atoms with Gasteiger partial charge in [-0.1, -0.05) is 0 Å². The largest absolute Gasteiger partial charge is 0.492 e. The van der Waals surface area contributed by atoms with Gasteiger partial charge in [-0.3, -0.25) is 4.98 Å². The van der Waals surface area contributed by atoms with Crippen molar-refractivity contribution in [1.29, 1.82) is 0 Å². The minimum absolute atomic E-state index is 0.258. The van der Waals surface area contributed by atoms with Crippen LogP contribution < -0.4 is 10.1 Å². The molecule has 2 aromatic rings. The highest BCUT2D eigenvalue weighted by atomic mass is 16.5. The summed E-state index contributed by atoms with van der Waals surface area (Å²) in [6, 6.07) is 8.39. The van der Waals surface area contributed by atoms with E-state index in [1.807, 2.05) is 19.2 Å². The maximum atomic E-state index is 10.7. The third-order valence-corrected chi connectivity index (χ3v) is 3.10. The van der Waals surface area contributed by atoms with Crippen molar-refractivity contribution in [2.24, 2.45) is 0 Å². The maximum Gasteiger partial charge on any atom is 0.335 e. The van der Waals surface area contributed by atoms with E-state index in [0.29, 0.717) is 18.9 Å². The summed E-state index contributed by atoms with van der Waals surface area (Å²) >= 11 is 0. The number of carboxylic acids is 1. The van der Waals surface area contributed by atoms with Gasteiger partial charge in [0.05, 0.1) is 5.56 Å². The standard InChI is InChI=1S/C16H18N2O3/c1-12-10-17-7-6-14(12)11-18-8-9-21-15-4-2-13(3-5-15)16(19)20/h2-7,10,18H,8-9,11H2,1H3,(H,19,20). The molecule has 0 aliphatic heterocycles. The number of carbonyl (C=O) groups is 1. The van der Waals surface area contributed by atoms with E-state index < -0.39 is 5.97 Å². The molecule has 21 heavy (non-hydrogen) atoms. The number of aromatic nitrogens is 1. The van der Waals surface area contributed by atoms with E-state index in [2.05, 4.69) is 10.3 Å². The number of carboxylic acid groups (broad SMARTS) is 1. The van der Waals surface area contributed by atoms with E-state index in [-0.39, 0.29) is 5.56 Å². The average Bonchev–Trinajstić information content (AvgIpc) is 2.49. The number of rotatable bonds is 7. The Hall–Kier alpha value is -2.40. The van der Waals surface area contributed by atoms with Gasteiger partial charge in [-0.25, -0.2) is 4.79 Å². The highest BCUT2D eigenvalue weighted by Gasteiger charge is 2.02. The zero-order chi connectivity index (χ0) is 15.1. The number of aryl methyl sites for hydroxylation is 1. The van der Waals surface area contributed by atoms with Gasteiger partial charge in [0.2, 0.25) is 0 Å². The summed E-state index contributed by atoms with van der Waals surface area (Å²) in [5, 5.41) is 12.1. The number of benzene rings is 1. The Balaban J connectivity index is 1.70. The molecule has 1 aromatic carbocycles. The zero-order valence-electron chi connectivity index (χ0n) is 11.9. The third-order valence-electron chi connectivity index (χ3n) is 3.10. The van der Waals surface area contributed by atoms with Crippen LogP contribution in [0.4, 0.5) is 0 Å². The first-order chi connectivity index (χ1) is 10.2. The van der Waals surface area contributed by atoms with Crippen LogP contribution in [-0.2, 0) is 6.54 Å². The molecular weight excluding hydrogens is 268 g/mol. The van der Waals surface area contributed by atoms with Crippen LogP contribution in [0.3, 0.4) is 0 Å². The zero-order valence-corrected chi connectivity index (χ0v) is 11.9. The van der Waals surface area contributed by atoms with Gasteiger partial charge in [0.1, 0.15) is 12.4 Å². The van der Waals surface area contributed by atoms with E-state index >= 15 is 0 Å². The third kappa shape index (κ3) is 4.57. The first-order valence-corrected chi connectivity index (χ1v) is 6.73. The second kappa shape index (κ2) is 7.40. The van der Waals surface area contributed by atoms with Gasteiger partial charge in [0.25, 0.3) is 0 Å². The van der Waals surface area contributed by atoms with Gasteiger partial charge >= 0.3 is 5.97 Å². The second-order valence-corrected chi connectivity index (χ2v) is 4.66. The van der Waals surface area contributed by atoms with Crippen LogP contribution in [0.15, 0.2) is 42.7 Å². The first-order valence-electron chi connectivity index (χ1n) is 6.73. The topological polar surface area (TPSA) is 71.5 Å². The van der Waals surface area contributed by atoms with Crippen LogP contribution in [0.2, 0.25) is 0 Å². The normalized spacial score (nSPS) is 10.3. The quantitative estimate of drug-likeness (QED) is 0.764. The molecule has 5 nitrogen and oxygen atoms in total. The van der Waals surface area contributed by atoms with Crippen molar-refractivity contribution >= 4 is 5.97 Å². The minimum atomic E-state index is -0.934. The fourth-order valence-electron chi connectivity index (χ4n) is 1.86. The molecule has 0 radical (unpaired) electrons. The summed E-state index contributed by atoms with van der Waals surface area (Å²) in [7, 11) is 0. The van der Waals surface area contributed by atoms with Gasteiger partial charge in [-0.05, 0) is 48.4 Å². The molecule has 1 heterocycles. The molecule has 0 atom stereocenters. The van der Waals surface area contributed by atoms with Crippen LogP contribution in [0.5, 0.6) is 5.75 Å². The lowest BCUT2D eigenvalue weighted by atomic mass is 10.1. The molecular formula is C16H18N2O3. The molecule has 0 fully saturated rings. The number of nitrogens with zero attached hydrogens (tertiary/aromatic N) is 1. The predicted octanol–water partition coefficient (Wildman–Crippen LogP) is 2.26. The number of hydrogen-bond donors (Lipinski definition) is 2. The summed E-state index contributed by atoms with van der Waals surface area (Å²) < 4.78 is 5.54. The lowest BCUT2D eigenvalue weighted by Crippen LogP contribution is -2.21. The van der Waals surface area contributed by atoms with Gasteiger partial charge < -0.3 is 15.2 Å². The Morgan fingerprint density at radius 1 is 1.29 bits per heavy atom. The molecule has 1 aromatic heterocycles. The lowest BCUT2D eigenvalue weighted by molar-refractivity contribution is 0.0697. The van der Waals surface area contributed by atoms with Crippen molar-refractivity contribution in [3.8, 4) is 5.75 Å². The highest BCUT2D eigenvalue weighted by molar-refractivity contribution is 5.87. The van der Waals surface area contributed by atoms with Crippen molar-refractivity contribution < 1.29 is 14.6 Å². The van der Waals surface area contributed by atoms with Gasteiger partial charge in [0.15, 0.2) is 0 Å². The maximum absolute atomic E-state index is 10.7. The van der Waals surface area contributed by atoms with Crippen LogP contribution in [0.1, 0.15) is 21.5 Å². The minimum Gasteiger partial charge on any atom is -0.492 e. The summed E-state index contributed by atoms with van der Waals surface area (Å²) in [6.45, 7) is 4.04. The number of hydrogen-bond acceptors (Lipinski definition) is 4.